The Morgan fingerprint density at radius 3 is 2.35 bits per heavy atom. The molecule has 2 heterocycles. The summed E-state index contributed by atoms with van der Waals surface area (Å²) in [7, 11) is 5.16. The molecule has 0 spiro atoms. The van der Waals surface area contributed by atoms with Gasteiger partial charge in [-0.05, 0) is 35.0 Å². The number of ketones is 1. The van der Waals surface area contributed by atoms with E-state index in [1.165, 1.54) is 11.8 Å². The molecule has 1 N–H and O–H groups in total. The van der Waals surface area contributed by atoms with Crippen LogP contribution in [-0.2, 0) is 9.53 Å². The van der Waals surface area contributed by atoms with Crippen LogP contribution in [0.3, 0.4) is 0 Å². The Kier molecular flexibility index (Phi) is 5.24. The summed E-state index contributed by atoms with van der Waals surface area (Å²) in [6.45, 7) is 1.94. The Morgan fingerprint density at radius 1 is 1.06 bits per heavy atom. The molecule has 0 saturated heterocycles. The van der Waals surface area contributed by atoms with Gasteiger partial charge in [-0.3, -0.25) is 4.79 Å². The average molecular weight is 418 g/mol. The predicted octanol–water partition coefficient (Wildman–Crippen LogP) is 2.37. The van der Waals surface area contributed by atoms with Crippen LogP contribution >= 0.6 is 0 Å². The molecule has 9 heteroatoms. The maximum atomic E-state index is 13.6. The number of methoxy groups -OCH3 is 1. The van der Waals surface area contributed by atoms with Gasteiger partial charge in [0.15, 0.2) is 5.78 Å². The Morgan fingerprint density at radius 2 is 1.74 bits per heavy atom. The van der Waals surface area contributed by atoms with Crippen molar-refractivity contribution in [2.75, 3.05) is 31.4 Å². The summed E-state index contributed by atoms with van der Waals surface area (Å²) in [5.74, 6) is -0.724. The molecule has 4 rings (SSSR count). The summed E-state index contributed by atoms with van der Waals surface area (Å²) in [4.78, 5) is 28.3. The number of hydrogen-bond acceptors (Lipinski definition) is 8. The van der Waals surface area contributed by atoms with E-state index in [1.54, 1.807) is 12.1 Å². The number of aromatic nitrogens is 4. The fraction of sp³-hybridized carbons (Fsp3) is 0.227. The quantitative estimate of drug-likeness (QED) is 0.498. The van der Waals surface area contributed by atoms with Gasteiger partial charge in [0.25, 0.3) is 0 Å². The second kappa shape index (κ2) is 8.02. The van der Waals surface area contributed by atoms with Crippen molar-refractivity contribution in [3.05, 3.63) is 76.5 Å². The van der Waals surface area contributed by atoms with Crippen molar-refractivity contribution in [3.63, 3.8) is 0 Å². The Balaban J connectivity index is 1.91. The molecule has 0 saturated carbocycles. The molecule has 1 aliphatic heterocycles. The number of aryl methyl sites for hydroxylation is 1. The minimum absolute atomic E-state index is 0.0251. The number of ether oxygens (including phenoxy) is 1. The summed E-state index contributed by atoms with van der Waals surface area (Å²) in [5, 5.41) is 14.6. The molecule has 1 aliphatic rings. The van der Waals surface area contributed by atoms with Crippen LogP contribution in [0.25, 0.3) is 0 Å². The summed E-state index contributed by atoms with van der Waals surface area (Å²) in [5.41, 5.74) is 3.48. The van der Waals surface area contributed by atoms with E-state index in [2.05, 4.69) is 20.8 Å². The molecule has 0 amide bonds. The zero-order chi connectivity index (χ0) is 22.1. The first-order valence-corrected chi connectivity index (χ1v) is 9.66. The molecule has 3 aromatic rings. The fourth-order valence-electron chi connectivity index (χ4n) is 3.51. The molecule has 31 heavy (non-hydrogen) atoms. The highest BCUT2D eigenvalue weighted by Crippen LogP contribution is 2.37. The Labute approximate surface area is 179 Å². The third kappa shape index (κ3) is 3.65. The molecule has 1 aromatic heterocycles. The van der Waals surface area contributed by atoms with Gasteiger partial charge in [0.05, 0.1) is 12.7 Å². The van der Waals surface area contributed by atoms with E-state index in [-0.39, 0.29) is 23.0 Å². The van der Waals surface area contributed by atoms with Gasteiger partial charge in [-0.1, -0.05) is 47.1 Å². The van der Waals surface area contributed by atoms with Crippen molar-refractivity contribution >= 4 is 23.4 Å². The number of nitrogens with one attached hydrogen (secondary N) is 1. The number of tetrazole rings is 1. The molecule has 0 radical (unpaired) electrons. The van der Waals surface area contributed by atoms with Crippen LogP contribution in [-0.4, -0.2) is 53.2 Å². The summed E-state index contributed by atoms with van der Waals surface area (Å²) in [6.07, 6.45) is 0. The van der Waals surface area contributed by atoms with Crippen molar-refractivity contribution in [1.29, 1.82) is 0 Å². The summed E-state index contributed by atoms with van der Waals surface area (Å²) in [6, 6.07) is 14.1. The number of fused-ring (bicyclic) bond motifs is 1. The molecular formula is C22H22N6O3. The largest absolute Gasteiger partial charge is 0.464 e. The maximum Gasteiger partial charge on any atom is 0.355 e. The summed E-state index contributed by atoms with van der Waals surface area (Å²) >= 11 is 0. The molecule has 158 valence electrons. The van der Waals surface area contributed by atoms with E-state index in [0.29, 0.717) is 5.56 Å². The molecule has 1 atom stereocenters. The first-order valence-electron chi connectivity index (χ1n) is 9.66. The van der Waals surface area contributed by atoms with Crippen molar-refractivity contribution in [2.24, 2.45) is 0 Å². The van der Waals surface area contributed by atoms with Crippen LogP contribution in [0.2, 0.25) is 0 Å². The highest BCUT2D eigenvalue weighted by atomic mass is 16.5. The zero-order valence-electron chi connectivity index (χ0n) is 17.7. The normalized spacial score (nSPS) is 15.2. The summed E-state index contributed by atoms with van der Waals surface area (Å²) < 4.78 is 6.45. The van der Waals surface area contributed by atoms with E-state index >= 15 is 0 Å². The molecule has 2 aromatic carbocycles. The van der Waals surface area contributed by atoms with Crippen LogP contribution in [0.4, 0.5) is 11.6 Å². The Hall–Kier alpha value is -4.01. The van der Waals surface area contributed by atoms with Gasteiger partial charge in [-0.25, -0.2) is 4.79 Å². The Bertz CT molecular complexity index is 1160. The van der Waals surface area contributed by atoms with Gasteiger partial charge >= 0.3 is 5.97 Å². The number of anilines is 2. The molecule has 0 bridgehead atoms. The molecule has 0 aliphatic carbocycles. The maximum absolute atomic E-state index is 13.6. The van der Waals surface area contributed by atoms with Crippen LogP contribution in [0.15, 0.2) is 59.8 Å². The van der Waals surface area contributed by atoms with Gasteiger partial charge in [0, 0.05) is 25.3 Å². The van der Waals surface area contributed by atoms with Crippen molar-refractivity contribution in [1.82, 2.24) is 20.2 Å². The van der Waals surface area contributed by atoms with Crippen LogP contribution in [0.1, 0.15) is 27.5 Å². The molecular weight excluding hydrogens is 396 g/mol. The average Bonchev–Trinajstić information content (AvgIpc) is 3.25. The van der Waals surface area contributed by atoms with Gasteiger partial charge < -0.3 is 15.0 Å². The lowest BCUT2D eigenvalue weighted by atomic mass is 9.89. The van der Waals surface area contributed by atoms with E-state index in [1.807, 2.05) is 62.3 Å². The van der Waals surface area contributed by atoms with Gasteiger partial charge in [-0.2, -0.15) is 4.68 Å². The van der Waals surface area contributed by atoms with Crippen molar-refractivity contribution < 1.29 is 14.3 Å². The third-order valence-electron chi connectivity index (χ3n) is 5.19. The first kappa shape index (κ1) is 20.3. The van der Waals surface area contributed by atoms with E-state index < -0.39 is 12.0 Å². The minimum atomic E-state index is -0.703. The van der Waals surface area contributed by atoms with E-state index in [9.17, 15) is 9.59 Å². The van der Waals surface area contributed by atoms with Gasteiger partial charge in [0.1, 0.15) is 11.7 Å². The number of benzene rings is 2. The van der Waals surface area contributed by atoms with E-state index in [4.69, 9.17) is 4.74 Å². The van der Waals surface area contributed by atoms with Crippen molar-refractivity contribution in [3.8, 4) is 0 Å². The monoisotopic (exact) mass is 418 g/mol. The van der Waals surface area contributed by atoms with Crippen LogP contribution in [0.5, 0.6) is 0 Å². The van der Waals surface area contributed by atoms with Crippen molar-refractivity contribution in [2.45, 2.75) is 13.0 Å². The SMILES string of the molecule is COC(=O)C1=C(C(=O)c2ccc(C)cc2)[C@H](c2ccc(N(C)C)cc2)n2nnnc2N1. The van der Waals surface area contributed by atoms with Crippen LogP contribution in [0, 0.1) is 6.92 Å². The fourth-order valence-corrected chi connectivity index (χ4v) is 3.51. The topological polar surface area (TPSA) is 102 Å². The van der Waals surface area contributed by atoms with Gasteiger partial charge in [0.2, 0.25) is 5.95 Å². The minimum Gasteiger partial charge on any atom is -0.464 e. The predicted molar refractivity (Wildman–Crippen MR) is 115 cm³/mol. The number of allylic oxidation sites excluding steroid dienone is 1. The number of Topliss-reactive ketones (excluding diaryl/α,β-unsaturated/α-hetero) is 1. The molecule has 0 fully saturated rings. The first-order chi connectivity index (χ1) is 14.9. The van der Waals surface area contributed by atoms with Gasteiger partial charge in [-0.15, -0.1) is 0 Å². The lowest BCUT2D eigenvalue weighted by molar-refractivity contribution is -0.136. The number of nitrogens with zero attached hydrogens (tertiary/aromatic N) is 5. The molecule has 0 unspecified atom stereocenters. The lowest BCUT2D eigenvalue weighted by Crippen LogP contribution is -2.33. The van der Waals surface area contributed by atoms with E-state index in [0.717, 1.165) is 16.8 Å². The number of rotatable bonds is 5. The second-order valence-electron chi connectivity index (χ2n) is 7.44. The number of esters is 1. The lowest BCUT2D eigenvalue weighted by Gasteiger charge is -2.28. The third-order valence-corrected chi connectivity index (χ3v) is 5.19. The van der Waals surface area contributed by atoms with Crippen LogP contribution < -0.4 is 10.2 Å². The number of carbonyl (C=O) groups excluding carboxylic acids is 2. The second-order valence-corrected chi connectivity index (χ2v) is 7.44. The molecule has 9 nitrogen and oxygen atoms in total. The number of hydrogen-bond donors (Lipinski definition) is 1. The highest BCUT2D eigenvalue weighted by Gasteiger charge is 2.38. The highest BCUT2D eigenvalue weighted by molar-refractivity contribution is 6.14. The smallest absolute Gasteiger partial charge is 0.355 e. The standard InChI is InChI=1S/C22H22N6O3/c1-13-5-7-15(8-6-13)20(29)17-18(21(30)31-4)23-22-24-25-26-28(22)19(17)14-9-11-16(12-10-14)27(2)3/h5-12,19H,1-4H3,(H,23,24,26)/t19-/m0/s1. The zero-order valence-corrected chi connectivity index (χ0v) is 17.7. The number of carbonyl (C=O) groups is 2.